The molecule has 0 saturated carbocycles. The lowest BCUT2D eigenvalue weighted by Gasteiger charge is -2.13. The highest BCUT2D eigenvalue weighted by Crippen LogP contribution is 2.30. The summed E-state index contributed by atoms with van der Waals surface area (Å²) in [5.41, 5.74) is 1.32. The van der Waals surface area contributed by atoms with Crippen molar-refractivity contribution in [2.24, 2.45) is 0 Å². The largest absolute Gasteiger partial charge is 0.493 e. The molecule has 27 heavy (non-hydrogen) atoms. The maximum atomic E-state index is 13.8. The molecule has 2 aromatic rings. The fourth-order valence-corrected chi connectivity index (χ4v) is 2.52. The summed E-state index contributed by atoms with van der Waals surface area (Å²) in [5, 5.41) is 12.2. The molecule has 0 aliphatic rings. The summed E-state index contributed by atoms with van der Waals surface area (Å²) in [6.07, 6.45) is 0. The number of rotatable bonds is 11. The van der Waals surface area contributed by atoms with Gasteiger partial charge in [-0.15, -0.1) is 12.4 Å². The van der Waals surface area contributed by atoms with Crippen molar-refractivity contribution >= 4 is 24.0 Å². The number of hydrogen-bond donors (Lipinski definition) is 2. The lowest BCUT2D eigenvalue weighted by molar-refractivity contribution is 0.0938. The van der Waals surface area contributed by atoms with E-state index in [2.05, 4.69) is 5.32 Å². The minimum absolute atomic E-state index is 0. The van der Waals surface area contributed by atoms with Gasteiger partial charge in [0.2, 0.25) is 0 Å². The summed E-state index contributed by atoms with van der Waals surface area (Å²) in [6, 6.07) is 10.1. The van der Waals surface area contributed by atoms with E-state index in [0.717, 1.165) is 5.56 Å². The number of hydrogen-bond acceptors (Lipinski definition) is 5. The molecule has 0 unspecified atom stereocenters. The van der Waals surface area contributed by atoms with Crippen LogP contribution in [0.4, 0.5) is 4.39 Å². The zero-order valence-electron chi connectivity index (χ0n) is 15.0. The second kappa shape index (κ2) is 12.8. The molecule has 2 N–H and O–H groups in total. The van der Waals surface area contributed by atoms with E-state index in [1.165, 1.54) is 6.07 Å². The normalized spacial score (nSPS) is 10.4. The number of aliphatic hydroxyl groups excluding tert-OH is 1. The highest BCUT2D eigenvalue weighted by atomic mass is 35.5. The van der Waals surface area contributed by atoms with Gasteiger partial charge >= 0.3 is 0 Å². The second-order valence-electron chi connectivity index (χ2n) is 5.49. The first kappa shape index (κ1) is 23.5. The van der Waals surface area contributed by atoms with Gasteiger partial charge < -0.3 is 24.6 Å². The standard InChI is InChI=1S/C19H23ClFNO4.ClH/c1-24-19-11-14(12-22-7-9-25-10-8-23)5-6-18(19)26-13-15-16(20)3-2-4-17(15)21;/h2-6,11,22-23H,7-10,12-13H2,1H3;1H. The Morgan fingerprint density at radius 2 is 1.96 bits per heavy atom. The lowest BCUT2D eigenvalue weighted by Crippen LogP contribution is -2.20. The molecule has 0 saturated heterocycles. The minimum Gasteiger partial charge on any atom is -0.493 e. The van der Waals surface area contributed by atoms with Crippen LogP contribution < -0.4 is 14.8 Å². The average Bonchev–Trinajstić information content (AvgIpc) is 2.64. The molecule has 0 aliphatic heterocycles. The Balaban J connectivity index is 0.00000364. The van der Waals surface area contributed by atoms with Crippen molar-refractivity contribution in [1.82, 2.24) is 5.32 Å². The molecule has 0 atom stereocenters. The molecular formula is C19H24Cl2FNO4. The number of halogens is 3. The van der Waals surface area contributed by atoms with Crippen LogP contribution in [0.25, 0.3) is 0 Å². The third-order valence-corrected chi connectivity index (χ3v) is 4.00. The van der Waals surface area contributed by atoms with Crippen molar-refractivity contribution in [2.75, 3.05) is 33.5 Å². The van der Waals surface area contributed by atoms with E-state index in [4.69, 9.17) is 30.9 Å². The van der Waals surface area contributed by atoms with E-state index in [0.29, 0.717) is 48.4 Å². The Labute approximate surface area is 169 Å². The Hall–Kier alpha value is -1.57. The highest BCUT2D eigenvalue weighted by Gasteiger charge is 2.11. The molecule has 0 amide bonds. The predicted octanol–water partition coefficient (Wildman–Crippen LogP) is 3.59. The first-order chi connectivity index (χ1) is 12.7. The number of aliphatic hydroxyl groups is 1. The number of ether oxygens (including phenoxy) is 3. The molecule has 5 nitrogen and oxygen atoms in total. The summed E-state index contributed by atoms with van der Waals surface area (Å²) in [6.45, 7) is 2.22. The zero-order chi connectivity index (χ0) is 18.8. The maximum Gasteiger partial charge on any atom is 0.161 e. The number of methoxy groups -OCH3 is 1. The molecule has 0 aromatic heterocycles. The van der Waals surface area contributed by atoms with Gasteiger partial charge in [0, 0.05) is 18.7 Å². The van der Waals surface area contributed by atoms with Crippen molar-refractivity contribution in [2.45, 2.75) is 13.2 Å². The van der Waals surface area contributed by atoms with Gasteiger partial charge in [0.25, 0.3) is 0 Å². The van der Waals surface area contributed by atoms with Gasteiger partial charge in [-0.1, -0.05) is 23.7 Å². The van der Waals surface area contributed by atoms with Gasteiger partial charge in [0.1, 0.15) is 12.4 Å². The van der Waals surface area contributed by atoms with Gasteiger partial charge in [-0.3, -0.25) is 0 Å². The molecule has 8 heteroatoms. The van der Waals surface area contributed by atoms with E-state index in [1.54, 1.807) is 25.3 Å². The zero-order valence-corrected chi connectivity index (χ0v) is 16.6. The lowest BCUT2D eigenvalue weighted by atomic mass is 10.2. The van der Waals surface area contributed by atoms with Crippen LogP contribution in [0.3, 0.4) is 0 Å². The molecule has 150 valence electrons. The average molecular weight is 420 g/mol. The fourth-order valence-electron chi connectivity index (χ4n) is 2.31. The van der Waals surface area contributed by atoms with Crippen LogP contribution in [0.2, 0.25) is 5.02 Å². The third-order valence-electron chi connectivity index (χ3n) is 3.65. The summed E-state index contributed by atoms with van der Waals surface area (Å²) in [4.78, 5) is 0. The summed E-state index contributed by atoms with van der Waals surface area (Å²) in [5.74, 6) is 0.677. The van der Waals surface area contributed by atoms with E-state index in [-0.39, 0.29) is 25.6 Å². The quantitative estimate of drug-likeness (QED) is 0.545. The van der Waals surface area contributed by atoms with Crippen LogP contribution in [0.1, 0.15) is 11.1 Å². The second-order valence-corrected chi connectivity index (χ2v) is 5.89. The molecule has 2 rings (SSSR count). The number of nitrogens with one attached hydrogen (secondary N) is 1. The Bertz CT molecular complexity index is 683. The van der Waals surface area contributed by atoms with Gasteiger partial charge in [0.05, 0.1) is 32.0 Å². The van der Waals surface area contributed by atoms with Gasteiger partial charge in [-0.05, 0) is 29.8 Å². The van der Waals surface area contributed by atoms with Crippen LogP contribution in [0.5, 0.6) is 11.5 Å². The van der Waals surface area contributed by atoms with Crippen LogP contribution in [-0.4, -0.2) is 38.6 Å². The predicted molar refractivity (Wildman–Crippen MR) is 106 cm³/mol. The first-order valence-electron chi connectivity index (χ1n) is 8.27. The van der Waals surface area contributed by atoms with Crippen molar-refractivity contribution in [3.8, 4) is 11.5 Å². The van der Waals surface area contributed by atoms with E-state index < -0.39 is 5.82 Å². The van der Waals surface area contributed by atoms with Crippen LogP contribution in [-0.2, 0) is 17.9 Å². The molecule has 0 heterocycles. The molecule has 0 spiro atoms. The third kappa shape index (κ3) is 7.52. The van der Waals surface area contributed by atoms with E-state index >= 15 is 0 Å². The fraction of sp³-hybridized carbons (Fsp3) is 0.368. The maximum absolute atomic E-state index is 13.8. The monoisotopic (exact) mass is 419 g/mol. The Morgan fingerprint density at radius 1 is 1.15 bits per heavy atom. The van der Waals surface area contributed by atoms with Gasteiger partial charge in [0.15, 0.2) is 11.5 Å². The summed E-state index contributed by atoms with van der Waals surface area (Å²) < 4.78 is 30.1. The SMILES string of the molecule is COc1cc(CNCCOCCO)ccc1OCc1c(F)cccc1Cl.Cl. The molecule has 2 aromatic carbocycles. The Morgan fingerprint density at radius 3 is 2.67 bits per heavy atom. The molecule has 0 aliphatic carbocycles. The van der Waals surface area contributed by atoms with E-state index in [1.807, 2.05) is 12.1 Å². The number of benzene rings is 2. The molecular weight excluding hydrogens is 396 g/mol. The first-order valence-corrected chi connectivity index (χ1v) is 8.65. The molecule has 0 bridgehead atoms. The molecule has 0 radical (unpaired) electrons. The van der Waals surface area contributed by atoms with Crippen LogP contribution in [0, 0.1) is 5.82 Å². The van der Waals surface area contributed by atoms with Gasteiger partial charge in [-0.25, -0.2) is 4.39 Å². The summed E-state index contributed by atoms with van der Waals surface area (Å²) >= 11 is 6.01. The topological polar surface area (TPSA) is 60.0 Å². The highest BCUT2D eigenvalue weighted by molar-refractivity contribution is 6.31. The van der Waals surface area contributed by atoms with E-state index in [9.17, 15) is 4.39 Å². The molecule has 0 fully saturated rings. The van der Waals surface area contributed by atoms with Crippen molar-refractivity contribution in [3.05, 3.63) is 58.4 Å². The van der Waals surface area contributed by atoms with Crippen molar-refractivity contribution in [3.63, 3.8) is 0 Å². The van der Waals surface area contributed by atoms with Crippen LogP contribution in [0.15, 0.2) is 36.4 Å². The Kier molecular flexibility index (Phi) is 11.1. The minimum atomic E-state index is -0.402. The van der Waals surface area contributed by atoms with Crippen LogP contribution >= 0.6 is 24.0 Å². The van der Waals surface area contributed by atoms with Crippen molar-refractivity contribution < 1.29 is 23.7 Å². The smallest absolute Gasteiger partial charge is 0.161 e. The van der Waals surface area contributed by atoms with Crippen molar-refractivity contribution in [1.29, 1.82) is 0 Å². The summed E-state index contributed by atoms with van der Waals surface area (Å²) in [7, 11) is 1.55. The van der Waals surface area contributed by atoms with Gasteiger partial charge in [-0.2, -0.15) is 0 Å².